The first-order chi connectivity index (χ1) is 8.72. The van der Waals surface area contributed by atoms with Crippen LogP contribution in [0.25, 0.3) is 21.5 Å². The summed E-state index contributed by atoms with van der Waals surface area (Å²) in [4.78, 5) is 9.73. The predicted molar refractivity (Wildman–Crippen MR) is 65.7 cm³/mol. The van der Waals surface area contributed by atoms with Crippen LogP contribution in [0.5, 0.6) is 0 Å². The molecule has 0 amide bonds. The highest BCUT2D eigenvalue weighted by atomic mass is 16.3. The second-order valence-corrected chi connectivity index (χ2v) is 3.93. The molecule has 0 aliphatic carbocycles. The molecule has 18 heavy (non-hydrogen) atoms. The lowest BCUT2D eigenvalue weighted by atomic mass is 10.0. The van der Waals surface area contributed by atoms with Gasteiger partial charge < -0.3 is 15.2 Å². The molecular formula is C11H13N5O2. The van der Waals surface area contributed by atoms with Crippen LogP contribution in [-0.2, 0) is 0 Å². The first kappa shape index (κ1) is 12.4. The summed E-state index contributed by atoms with van der Waals surface area (Å²) in [6.07, 6.45) is 1.46. The average Bonchev–Trinajstić information content (AvgIpc) is 2.85. The van der Waals surface area contributed by atoms with Gasteiger partial charge in [-0.15, -0.1) is 0 Å². The van der Waals surface area contributed by atoms with Gasteiger partial charge in [-0.2, -0.15) is 0 Å². The van der Waals surface area contributed by atoms with E-state index in [-0.39, 0.29) is 13.0 Å². The Kier molecular flexibility index (Phi) is 3.78. The smallest absolute Gasteiger partial charge is 0.106 e. The fraction of sp³-hybridized carbons (Fsp3) is 0.364. The van der Waals surface area contributed by atoms with Crippen LogP contribution in [0.1, 0.15) is 18.1 Å². The highest BCUT2D eigenvalue weighted by Crippen LogP contribution is 2.21. The monoisotopic (exact) mass is 247 g/mol. The van der Waals surface area contributed by atoms with Crippen molar-refractivity contribution in [2.75, 3.05) is 6.54 Å². The summed E-state index contributed by atoms with van der Waals surface area (Å²) in [6, 6.07) is 3.56. The Bertz CT molecular complexity index is 576. The standard InChI is InChI=1S/C11H13N5O2/c12-16-15-4-2-10(17)11(18)7-5-9-8(14-6-7)1-3-13-9/h1,3,5-6,10-11,13,17-18H,2,4H2. The number of H-pyrrole nitrogens is 1. The van der Waals surface area contributed by atoms with E-state index in [4.69, 9.17) is 5.53 Å². The van der Waals surface area contributed by atoms with Crippen molar-refractivity contribution in [3.05, 3.63) is 40.5 Å². The zero-order chi connectivity index (χ0) is 13.0. The first-order valence-electron chi connectivity index (χ1n) is 5.52. The summed E-state index contributed by atoms with van der Waals surface area (Å²) >= 11 is 0. The number of azide groups is 1. The van der Waals surface area contributed by atoms with Crippen molar-refractivity contribution in [2.45, 2.75) is 18.6 Å². The third-order valence-corrected chi connectivity index (χ3v) is 2.71. The number of rotatable bonds is 5. The lowest BCUT2D eigenvalue weighted by Crippen LogP contribution is -2.19. The SMILES string of the molecule is [N-]=[N+]=NCCC(O)C(O)c1cnc2cc[nH]c2c1. The van der Waals surface area contributed by atoms with Crippen molar-refractivity contribution < 1.29 is 10.2 Å². The number of aromatic nitrogens is 2. The van der Waals surface area contributed by atoms with E-state index in [2.05, 4.69) is 20.0 Å². The zero-order valence-corrected chi connectivity index (χ0v) is 9.56. The summed E-state index contributed by atoms with van der Waals surface area (Å²) < 4.78 is 0. The molecule has 7 nitrogen and oxygen atoms in total. The van der Waals surface area contributed by atoms with Crippen LogP contribution < -0.4 is 0 Å². The Labute approximate surface area is 103 Å². The van der Waals surface area contributed by atoms with Gasteiger partial charge in [-0.1, -0.05) is 5.11 Å². The maximum atomic E-state index is 9.95. The molecule has 2 atom stereocenters. The van der Waals surface area contributed by atoms with E-state index in [1.807, 2.05) is 6.07 Å². The maximum Gasteiger partial charge on any atom is 0.106 e. The lowest BCUT2D eigenvalue weighted by Gasteiger charge is -2.16. The van der Waals surface area contributed by atoms with E-state index in [9.17, 15) is 10.2 Å². The van der Waals surface area contributed by atoms with Gasteiger partial charge in [-0.25, -0.2) is 0 Å². The molecule has 2 aromatic heterocycles. The van der Waals surface area contributed by atoms with Gasteiger partial charge in [0.2, 0.25) is 0 Å². The number of nitrogens with one attached hydrogen (secondary N) is 1. The number of hydrogen-bond donors (Lipinski definition) is 3. The number of pyridine rings is 1. The Morgan fingerprint density at radius 3 is 3.11 bits per heavy atom. The average molecular weight is 247 g/mol. The highest BCUT2D eigenvalue weighted by molar-refractivity contribution is 5.75. The van der Waals surface area contributed by atoms with Gasteiger partial charge >= 0.3 is 0 Å². The first-order valence-corrected chi connectivity index (χ1v) is 5.52. The minimum Gasteiger partial charge on any atom is -0.390 e. The van der Waals surface area contributed by atoms with Crippen molar-refractivity contribution >= 4 is 11.0 Å². The predicted octanol–water partition coefficient (Wildman–Crippen LogP) is 1.66. The molecule has 94 valence electrons. The summed E-state index contributed by atoms with van der Waals surface area (Å²) in [6.45, 7) is 0.146. The summed E-state index contributed by atoms with van der Waals surface area (Å²) in [5, 5.41) is 23.0. The molecule has 0 aliphatic rings. The molecule has 0 fully saturated rings. The minimum atomic E-state index is -1.04. The summed E-state index contributed by atoms with van der Waals surface area (Å²) in [7, 11) is 0. The number of fused-ring (bicyclic) bond motifs is 1. The van der Waals surface area contributed by atoms with Crippen molar-refractivity contribution in [3.63, 3.8) is 0 Å². The Balaban J connectivity index is 2.11. The van der Waals surface area contributed by atoms with Crippen LogP contribution >= 0.6 is 0 Å². The van der Waals surface area contributed by atoms with E-state index in [1.165, 1.54) is 6.20 Å². The van der Waals surface area contributed by atoms with E-state index in [0.717, 1.165) is 11.0 Å². The van der Waals surface area contributed by atoms with Gasteiger partial charge in [0.25, 0.3) is 0 Å². The Morgan fingerprint density at radius 2 is 2.33 bits per heavy atom. The fourth-order valence-corrected chi connectivity index (χ4v) is 1.73. The van der Waals surface area contributed by atoms with Crippen molar-refractivity contribution in [3.8, 4) is 0 Å². The molecule has 2 heterocycles. The van der Waals surface area contributed by atoms with E-state index < -0.39 is 12.2 Å². The van der Waals surface area contributed by atoms with Gasteiger partial charge in [0.15, 0.2) is 0 Å². The lowest BCUT2D eigenvalue weighted by molar-refractivity contribution is 0.0149. The molecule has 0 bridgehead atoms. The van der Waals surface area contributed by atoms with Gasteiger partial charge in [0, 0.05) is 29.4 Å². The number of aromatic amines is 1. The van der Waals surface area contributed by atoms with Gasteiger partial charge in [-0.05, 0) is 24.1 Å². The topological polar surface area (TPSA) is 118 Å². The van der Waals surface area contributed by atoms with Gasteiger partial charge in [0.05, 0.1) is 17.1 Å². The third-order valence-electron chi connectivity index (χ3n) is 2.71. The van der Waals surface area contributed by atoms with Crippen molar-refractivity contribution in [1.29, 1.82) is 0 Å². The summed E-state index contributed by atoms with van der Waals surface area (Å²) in [5.74, 6) is 0. The molecular weight excluding hydrogens is 234 g/mol. The zero-order valence-electron chi connectivity index (χ0n) is 9.56. The number of nitrogens with zero attached hydrogens (tertiary/aromatic N) is 4. The van der Waals surface area contributed by atoms with Crippen LogP contribution in [0, 0.1) is 0 Å². The quantitative estimate of drug-likeness (QED) is 0.423. The van der Waals surface area contributed by atoms with Crippen molar-refractivity contribution in [1.82, 2.24) is 9.97 Å². The molecule has 2 rings (SSSR count). The molecule has 0 aromatic carbocycles. The molecule has 0 spiro atoms. The van der Waals surface area contributed by atoms with Crippen LogP contribution in [0.4, 0.5) is 0 Å². The normalized spacial score (nSPS) is 14.1. The second-order valence-electron chi connectivity index (χ2n) is 3.93. The fourth-order valence-electron chi connectivity index (χ4n) is 1.73. The molecule has 7 heteroatoms. The van der Waals surface area contributed by atoms with Crippen molar-refractivity contribution in [2.24, 2.45) is 5.11 Å². The largest absolute Gasteiger partial charge is 0.390 e. The maximum absolute atomic E-state index is 9.95. The highest BCUT2D eigenvalue weighted by Gasteiger charge is 2.18. The van der Waals surface area contributed by atoms with Crippen LogP contribution in [0.2, 0.25) is 0 Å². The number of hydrogen-bond acceptors (Lipinski definition) is 4. The van der Waals surface area contributed by atoms with Gasteiger partial charge in [-0.3, -0.25) is 4.98 Å². The van der Waals surface area contributed by atoms with Crippen LogP contribution in [-0.4, -0.2) is 32.8 Å². The minimum absolute atomic E-state index is 0.146. The molecule has 0 saturated heterocycles. The Hall–Kier alpha value is -2.08. The van der Waals surface area contributed by atoms with Crippen LogP contribution in [0.3, 0.4) is 0 Å². The van der Waals surface area contributed by atoms with E-state index in [1.54, 1.807) is 12.3 Å². The number of aliphatic hydroxyl groups is 2. The van der Waals surface area contributed by atoms with E-state index >= 15 is 0 Å². The van der Waals surface area contributed by atoms with E-state index in [0.29, 0.717) is 5.56 Å². The summed E-state index contributed by atoms with van der Waals surface area (Å²) in [5.41, 5.74) is 10.3. The molecule has 0 aliphatic heterocycles. The number of aliphatic hydroxyl groups excluding tert-OH is 2. The second kappa shape index (κ2) is 5.50. The van der Waals surface area contributed by atoms with Crippen LogP contribution in [0.15, 0.2) is 29.6 Å². The Morgan fingerprint density at radius 1 is 1.50 bits per heavy atom. The molecule has 3 N–H and O–H groups in total. The molecule has 0 saturated carbocycles. The molecule has 0 radical (unpaired) electrons. The molecule has 2 aromatic rings. The molecule has 2 unspecified atom stereocenters. The van der Waals surface area contributed by atoms with Gasteiger partial charge in [0.1, 0.15) is 6.10 Å². The third kappa shape index (κ3) is 2.60.